The lowest BCUT2D eigenvalue weighted by atomic mass is 9.90. The molecule has 346 valence electrons. The lowest BCUT2D eigenvalue weighted by molar-refractivity contribution is -0.384. The van der Waals surface area contributed by atoms with Crippen molar-refractivity contribution in [2.45, 2.75) is 56.8 Å². The highest BCUT2D eigenvalue weighted by Gasteiger charge is 2.44. The van der Waals surface area contributed by atoms with E-state index in [-0.39, 0.29) is 51.7 Å². The fraction of sp³-hybridized carbons (Fsp3) is 0.283. The number of aliphatic hydroxyl groups is 2. The number of nitrogens with zero attached hydrogens (tertiary/aromatic N) is 5. The van der Waals surface area contributed by atoms with Gasteiger partial charge < -0.3 is 45.5 Å². The molecule has 8 rings (SSSR count). The number of carbonyl (C=O) groups excluding carboxylic acids is 2. The number of aliphatic hydroxyl groups excluding tert-OH is 2. The number of nitro groups is 1. The van der Waals surface area contributed by atoms with Crippen LogP contribution in [0, 0.1) is 10.1 Å². The first-order chi connectivity index (χ1) is 32.4. The van der Waals surface area contributed by atoms with Gasteiger partial charge in [0.1, 0.15) is 35.6 Å². The molecule has 20 nitrogen and oxygen atoms in total. The molecule has 5 aromatic rings. The molecule has 1 saturated heterocycles. The maximum absolute atomic E-state index is 13.1. The molecule has 4 heterocycles. The number of ether oxygens (including phenoxy) is 1. The van der Waals surface area contributed by atoms with Gasteiger partial charge in [0.25, 0.3) is 11.6 Å². The Hall–Kier alpha value is -7.46. The van der Waals surface area contributed by atoms with Crippen molar-refractivity contribution in [2.24, 2.45) is 0 Å². The number of aromatic nitrogens is 4. The van der Waals surface area contributed by atoms with Gasteiger partial charge in [-0.25, -0.2) is 19.7 Å². The number of phenols is 1. The number of nitro benzene ring substituents is 1. The van der Waals surface area contributed by atoms with Crippen molar-refractivity contribution >= 4 is 63.2 Å². The molecule has 67 heavy (non-hydrogen) atoms. The highest BCUT2D eigenvalue weighted by atomic mass is 32.2. The molecule has 0 radical (unpaired) electrons. The molecule has 1 fully saturated rings. The standard InChI is InChI=1S/C46H44N8O12S/c55-28-10-13-31-34(19-28)65-35-20-29(56)11-14-32(35)38(31)30-12-7-26(18-33(30)46(61)62)44(60)48-15-3-1-2-4-37(57)47-16-17-67-22-36-40(58)41(59)45(66-36)53-24-52-39-42(50-23-51-43(39)53)49-21-25-5-8-27(9-6-25)54(63)64/h5-14,18-20,23-24,36,40-41,45,55,58-59H,1-4,15-17,21-22H2,(H,47,57)(H,48,60)(H,61,62)(H,49,50,51)/t36-,40-,41-,45-/m1/s1. The fourth-order valence-corrected chi connectivity index (χ4v) is 8.78. The van der Waals surface area contributed by atoms with E-state index in [4.69, 9.17) is 9.15 Å². The predicted molar refractivity (Wildman–Crippen MR) is 246 cm³/mol. The second-order valence-electron chi connectivity index (χ2n) is 15.7. The number of carboxylic acids is 1. The highest BCUT2D eigenvalue weighted by molar-refractivity contribution is 7.99. The van der Waals surface area contributed by atoms with Gasteiger partial charge in [-0.15, -0.1) is 0 Å². The Morgan fingerprint density at radius 3 is 2.48 bits per heavy atom. The molecule has 0 bridgehead atoms. The first kappa shape index (κ1) is 46.1. The van der Waals surface area contributed by atoms with Crippen molar-refractivity contribution in [2.75, 3.05) is 29.9 Å². The Morgan fingerprint density at radius 1 is 0.881 bits per heavy atom. The molecule has 3 aliphatic rings. The van der Waals surface area contributed by atoms with E-state index in [1.165, 1.54) is 77.5 Å². The minimum atomic E-state index is -1.27. The van der Waals surface area contributed by atoms with Crippen LogP contribution < -0.4 is 21.4 Å². The smallest absolute Gasteiger partial charge is 0.336 e. The SMILES string of the molecule is O=C(CCCCCNC(=O)c1ccc(-c2c3ccc(=O)cc-3oc3cc(O)ccc23)c(C(=O)O)c1)NCCSC[C@H]1O[C@@H](n2cnc3c(NCc4ccc([N+](=O)[O-])cc4)ncnc32)[C@H](O)[C@@H]1O. The quantitative estimate of drug-likeness (QED) is 0.0241. The summed E-state index contributed by atoms with van der Waals surface area (Å²) in [4.78, 5) is 73.8. The number of fused-ring (bicyclic) bond motifs is 3. The number of benzene rings is 4. The van der Waals surface area contributed by atoms with Crippen molar-refractivity contribution in [1.29, 1.82) is 0 Å². The number of nitrogens with one attached hydrogen (secondary N) is 3. The van der Waals surface area contributed by atoms with Gasteiger partial charge in [0.15, 0.2) is 28.6 Å². The lowest BCUT2D eigenvalue weighted by Crippen LogP contribution is -2.33. The van der Waals surface area contributed by atoms with Crippen LogP contribution >= 0.6 is 11.8 Å². The number of unbranched alkanes of at least 4 members (excludes halogenated alkanes) is 2. The summed E-state index contributed by atoms with van der Waals surface area (Å²) in [5, 5.41) is 62.4. The number of non-ortho nitro benzene ring substituents is 1. The van der Waals surface area contributed by atoms with Gasteiger partial charge in [0.2, 0.25) is 5.91 Å². The van der Waals surface area contributed by atoms with Crippen LogP contribution in [-0.2, 0) is 16.1 Å². The van der Waals surface area contributed by atoms with Crippen LogP contribution in [0.3, 0.4) is 0 Å². The van der Waals surface area contributed by atoms with Crippen molar-refractivity contribution in [1.82, 2.24) is 30.2 Å². The Bertz CT molecular complexity index is 3000. The fourth-order valence-electron chi connectivity index (χ4n) is 7.86. The number of aromatic hydroxyl groups is 1. The Labute approximate surface area is 384 Å². The first-order valence-electron chi connectivity index (χ1n) is 21.2. The third-order valence-corrected chi connectivity index (χ3v) is 12.3. The van der Waals surface area contributed by atoms with E-state index < -0.39 is 41.3 Å². The van der Waals surface area contributed by atoms with Crippen LogP contribution in [0.2, 0.25) is 0 Å². The summed E-state index contributed by atoms with van der Waals surface area (Å²) in [7, 11) is 0. The minimum absolute atomic E-state index is 0.0155. The monoisotopic (exact) mass is 932 g/mol. The number of aromatic carboxylic acids is 1. The van der Waals surface area contributed by atoms with Crippen molar-refractivity contribution in [3.8, 4) is 28.2 Å². The molecular formula is C46H44N8O12S. The zero-order valence-electron chi connectivity index (χ0n) is 35.5. The molecule has 2 amide bonds. The second-order valence-corrected chi connectivity index (χ2v) is 16.9. The largest absolute Gasteiger partial charge is 0.508 e. The van der Waals surface area contributed by atoms with E-state index in [1.54, 1.807) is 30.3 Å². The molecular weight excluding hydrogens is 889 g/mol. The van der Waals surface area contributed by atoms with Crippen molar-refractivity contribution in [3.05, 3.63) is 129 Å². The van der Waals surface area contributed by atoms with Crippen LogP contribution in [0.5, 0.6) is 5.75 Å². The number of hydrogen-bond acceptors (Lipinski definition) is 16. The van der Waals surface area contributed by atoms with Gasteiger partial charge in [-0.3, -0.25) is 29.1 Å². The number of hydrogen-bond donors (Lipinski definition) is 7. The zero-order chi connectivity index (χ0) is 47.2. The molecule has 3 aromatic carbocycles. The van der Waals surface area contributed by atoms with Gasteiger partial charge in [0, 0.05) is 83.9 Å². The number of carboxylic acid groups (broad SMARTS) is 1. The molecule has 21 heteroatoms. The van der Waals surface area contributed by atoms with Gasteiger partial charge in [-0.1, -0.05) is 24.6 Å². The molecule has 7 N–H and O–H groups in total. The predicted octanol–water partition coefficient (Wildman–Crippen LogP) is 5.09. The molecule has 0 unspecified atom stereocenters. The van der Waals surface area contributed by atoms with Gasteiger partial charge in [-0.2, -0.15) is 11.8 Å². The number of imidazole rings is 1. The molecule has 4 atom stereocenters. The number of anilines is 1. The number of thioether (sulfide) groups is 1. The van der Waals surface area contributed by atoms with Crippen LogP contribution in [0.4, 0.5) is 11.5 Å². The third kappa shape index (κ3) is 10.3. The van der Waals surface area contributed by atoms with E-state index in [0.29, 0.717) is 89.5 Å². The molecule has 2 aliphatic heterocycles. The van der Waals surface area contributed by atoms with Gasteiger partial charge in [-0.05, 0) is 60.4 Å². The summed E-state index contributed by atoms with van der Waals surface area (Å²) >= 11 is 1.45. The average Bonchev–Trinajstić information content (AvgIpc) is 3.87. The Morgan fingerprint density at radius 2 is 1.69 bits per heavy atom. The van der Waals surface area contributed by atoms with Gasteiger partial charge in [0.05, 0.1) is 22.9 Å². The second kappa shape index (κ2) is 20.4. The zero-order valence-corrected chi connectivity index (χ0v) is 36.3. The van der Waals surface area contributed by atoms with Crippen LogP contribution in [0.15, 0.2) is 101 Å². The molecule has 0 saturated carbocycles. The number of phenolic OH excluding ortho intramolecular Hbond substituents is 1. The van der Waals surface area contributed by atoms with E-state index in [1.807, 2.05) is 0 Å². The van der Waals surface area contributed by atoms with E-state index in [2.05, 4.69) is 30.9 Å². The maximum atomic E-state index is 13.1. The lowest BCUT2D eigenvalue weighted by Gasteiger charge is -2.17. The number of amides is 2. The van der Waals surface area contributed by atoms with E-state index in [0.717, 1.165) is 5.56 Å². The van der Waals surface area contributed by atoms with E-state index >= 15 is 0 Å². The third-order valence-electron chi connectivity index (χ3n) is 11.3. The van der Waals surface area contributed by atoms with Crippen LogP contribution in [-0.4, -0.2) is 106 Å². The van der Waals surface area contributed by atoms with Crippen molar-refractivity contribution in [3.63, 3.8) is 0 Å². The highest BCUT2D eigenvalue weighted by Crippen LogP contribution is 2.42. The normalized spacial score (nSPS) is 16.9. The summed E-state index contributed by atoms with van der Waals surface area (Å²) in [5.41, 5.74) is 2.75. The maximum Gasteiger partial charge on any atom is 0.336 e. The molecule has 1 aliphatic carbocycles. The number of carbonyl (C=O) groups is 3. The summed E-state index contributed by atoms with van der Waals surface area (Å²) in [6.45, 7) is 0.991. The number of rotatable bonds is 19. The topological polar surface area (TPSA) is 294 Å². The van der Waals surface area contributed by atoms with Crippen LogP contribution in [0.1, 0.15) is 58.2 Å². The summed E-state index contributed by atoms with van der Waals surface area (Å²) < 4.78 is 13.5. The average molecular weight is 933 g/mol. The van der Waals surface area contributed by atoms with Gasteiger partial charge >= 0.3 is 5.97 Å². The summed E-state index contributed by atoms with van der Waals surface area (Å²) in [5.74, 6) is -0.438. The Balaban J connectivity index is 0.749. The van der Waals surface area contributed by atoms with E-state index in [9.17, 15) is 49.7 Å². The first-order valence-corrected chi connectivity index (χ1v) is 22.4. The Kier molecular flexibility index (Phi) is 14.0. The molecule has 2 aromatic heterocycles. The summed E-state index contributed by atoms with van der Waals surface area (Å²) in [6.07, 6.45) is 0.737. The minimum Gasteiger partial charge on any atom is -0.508 e. The van der Waals surface area contributed by atoms with Crippen LogP contribution in [0.25, 0.3) is 44.6 Å². The summed E-state index contributed by atoms with van der Waals surface area (Å²) in [6, 6.07) is 19.1. The molecule has 0 spiro atoms. The van der Waals surface area contributed by atoms with Crippen molar-refractivity contribution < 1.29 is 48.9 Å².